The van der Waals surface area contributed by atoms with Crippen molar-refractivity contribution < 1.29 is 0 Å². The molecule has 11 rings (SSSR count). The average Bonchev–Trinajstić information content (AvgIpc) is 3.30. The van der Waals surface area contributed by atoms with E-state index in [1.165, 1.54) is 110 Å². The zero-order valence-corrected chi connectivity index (χ0v) is 31.9. The van der Waals surface area contributed by atoms with Gasteiger partial charge in [0.2, 0.25) is 0 Å². The molecule has 0 heterocycles. The highest BCUT2D eigenvalue weighted by molar-refractivity contribution is 6.21. The van der Waals surface area contributed by atoms with E-state index in [2.05, 4.69) is 231 Å². The molecule has 0 aliphatic heterocycles. The van der Waals surface area contributed by atoms with Gasteiger partial charge in [-0.3, -0.25) is 0 Å². The van der Waals surface area contributed by atoms with Gasteiger partial charge in [0.15, 0.2) is 0 Å². The van der Waals surface area contributed by atoms with Crippen LogP contribution in [0.15, 0.2) is 231 Å². The van der Waals surface area contributed by atoms with Gasteiger partial charge in [-0.2, -0.15) is 0 Å². The first-order valence-electron chi connectivity index (χ1n) is 20.1. The Hall–Kier alpha value is -7.54. The number of rotatable bonds is 6. The van der Waals surface area contributed by atoms with Gasteiger partial charge in [0.05, 0.1) is 0 Å². The van der Waals surface area contributed by atoms with E-state index in [-0.39, 0.29) is 0 Å². The van der Waals surface area contributed by atoms with Crippen LogP contribution < -0.4 is 0 Å². The van der Waals surface area contributed by atoms with E-state index in [9.17, 15) is 0 Å². The first kappa shape index (κ1) is 33.8. The molecule has 0 radical (unpaired) electrons. The molecule has 0 nitrogen and oxygen atoms in total. The zero-order valence-electron chi connectivity index (χ0n) is 31.9. The molecule has 0 aromatic heterocycles. The van der Waals surface area contributed by atoms with Crippen LogP contribution in [0.3, 0.4) is 0 Å². The molecule has 0 fully saturated rings. The molecule has 0 spiro atoms. The van der Waals surface area contributed by atoms with E-state index in [1.54, 1.807) is 0 Å². The van der Waals surface area contributed by atoms with Crippen molar-refractivity contribution in [3.8, 4) is 66.8 Å². The van der Waals surface area contributed by atoms with Crippen LogP contribution in [0.2, 0.25) is 0 Å². The van der Waals surface area contributed by atoms with Crippen LogP contribution in [-0.2, 0) is 0 Å². The molecule has 0 amide bonds. The summed E-state index contributed by atoms with van der Waals surface area (Å²) in [6.45, 7) is 0. The molecule has 270 valence electrons. The van der Waals surface area contributed by atoms with Gasteiger partial charge < -0.3 is 0 Å². The maximum absolute atomic E-state index is 2.37. The molecular formula is C58H38. The number of hydrogen-bond acceptors (Lipinski definition) is 0. The third-order valence-electron chi connectivity index (χ3n) is 11.9. The van der Waals surface area contributed by atoms with Crippen LogP contribution in [0, 0.1) is 0 Å². The van der Waals surface area contributed by atoms with Crippen molar-refractivity contribution in [3.05, 3.63) is 231 Å². The van der Waals surface area contributed by atoms with E-state index in [0.717, 1.165) is 0 Å². The van der Waals surface area contributed by atoms with Crippen molar-refractivity contribution in [2.24, 2.45) is 0 Å². The molecule has 0 N–H and O–H groups in total. The maximum Gasteiger partial charge on any atom is -0.00262 e. The van der Waals surface area contributed by atoms with Gasteiger partial charge in [-0.05, 0) is 128 Å². The minimum atomic E-state index is 1.21. The quantitative estimate of drug-likeness (QED) is 0.149. The van der Waals surface area contributed by atoms with E-state index < -0.39 is 0 Å². The Kier molecular flexibility index (Phi) is 8.26. The summed E-state index contributed by atoms with van der Waals surface area (Å²) < 4.78 is 0. The molecule has 0 heteroatoms. The second-order valence-corrected chi connectivity index (χ2v) is 15.3. The molecular weight excluding hydrogens is 697 g/mol. The molecule has 0 aliphatic carbocycles. The molecule has 11 aromatic rings. The highest BCUT2D eigenvalue weighted by Gasteiger charge is 2.17. The van der Waals surface area contributed by atoms with Crippen LogP contribution in [-0.4, -0.2) is 0 Å². The first-order chi connectivity index (χ1) is 28.7. The Labute approximate surface area is 339 Å². The van der Waals surface area contributed by atoms with Crippen molar-refractivity contribution in [1.82, 2.24) is 0 Å². The molecule has 0 aliphatic rings. The monoisotopic (exact) mass is 734 g/mol. The lowest BCUT2D eigenvalue weighted by Gasteiger charge is -2.18. The zero-order chi connectivity index (χ0) is 38.4. The van der Waals surface area contributed by atoms with Gasteiger partial charge in [-0.25, -0.2) is 0 Å². The Morgan fingerprint density at radius 3 is 0.948 bits per heavy atom. The molecule has 0 atom stereocenters. The SMILES string of the molecule is c1ccc(-c2ccc3ccc(-c4c5ccccc5c(-c5ccc(-c6ccc(-c7ccc(-c8ccc9ccccc9c8)cc7)cc6)cc5)c5ccccc45)cc3c2)cc1. The summed E-state index contributed by atoms with van der Waals surface area (Å²) in [4.78, 5) is 0. The van der Waals surface area contributed by atoms with Gasteiger partial charge in [-0.1, -0.05) is 212 Å². The predicted molar refractivity (Wildman–Crippen MR) is 249 cm³/mol. The number of hydrogen-bond donors (Lipinski definition) is 0. The van der Waals surface area contributed by atoms with E-state index in [0.29, 0.717) is 0 Å². The second kappa shape index (κ2) is 14.2. The fourth-order valence-electron chi connectivity index (χ4n) is 8.87. The molecule has 0 bridgehead atoms. The van der Waals surface area contributed by atoms with Gasteiger partial charge in [0, 0.05) is 0 Å². The minimum Gasteiger partial charge on any atom is -0.0622 e. The summed E-state index contributed by atoms with van der Waals surface area (Å²) in [5.41, 5.74) is 14.8. The maximum atomic E-state index is 2.37. The second-order valence-electron chi connectivity index (χ2n) is 15.3. The van der Waals surface area contributed by atoms with Crippen LogP contribution in [0.5, 0.6) is 0 Å². The van der Waals surface area contributed by atoms with Gasteiger partial charge in [-0.15, -0.1) is 0 Å². The normalized spacial score (nSPS) is 11.4. The lowest BCUT2D eigenvalue weighted by atomic mass is 9.85. The summed E-state index contributed by atoms with van der Waals surface area (Å²) in [7, 11) is 0. The largest absolute Gasteiger partial charge is 0.0622 e. The van der Waals surface area contributed by atoms with Gasteiger partial charge in [0.1, 0.15) is 0 Å². The molecule has 0 saturated heterocycles. The van der Waals surface area contributed by atoms with E-state index in [4.69, 9.17) is 0 Å². The Balaban J connectivity index is 0.920. The molecule has 0 saturated carbocycles. The Morgan fingerprint density at radius 1 is 0.155 bits per heavy atom. The first-order valence-corrected chi connectivity index (χ1v) is 20.1. The van der Waals surface area contributed by atoms with Gasteiger partial charge in [0.25, 0.3) is 0 Å². The average molecular weight is 735 g/mol. The predicted octanol–water partition coefficient (Wildman–Crippen LogP) is 16.3. The van der Waals surface area contributed by atoms with Gasteiger partial charge >= 0.3 is 0 Å². The summed E-state index contributed by atoms with van der Waals surface area (Å²) in [6, 6.07) is 84.5. The number of benzene rings is 11. The third kappa shape index (κ3) is 6.04. The van der Waals surface area contributed by atoms with Crippen molar-refractivity contribution in [3.63, 3.8) is 0 Å². The van der Waals surface area contributed by atoms with Crippen molar-refractivity contribution in [1.29, 1.82) is 0 Å². The molecule has 11 aromatic carbocycles. The van der Waals surface area contributed by atoms with Crippen molar-refractivity contribution >= 4 is 43.1 Å². The smallest absolute Gasteiger partial charge is 0.00262 e. The summed E-state index contributed by atoms with van der Waals surface area (Å²) in [5.74, 6) is 0. The summed E-state index contributed by atoms with van der Waals surface area (Å²) in [5, 5.41) is 10.1. The van der Waals surface area contributed by atoms with Crippen molar-refractivity contribution in [2.45, 2.75) is 0 Å². The molecule has 0 unspecified atom stereocenters. The lowest BCUT2D eigenvalue weighted by Crippen LogP contribution is -1.91. The van der Waals surface area contributed by atoms with E-state index >= 15 is 0 Å². The van der Waals surface area contributed by atoms with Crippen LogP contribution >= 0.6 is 0 Å². The van der Waals surface area contributed by atoms with Crippen LogP contribution in [0.25, 0.3) is 110 Å². The minimum absolute atomic E-state index is 1.21. The summed E-state index contributed by atoms with van der Waals surface area (Å²) in [6.07, 6.45) is 0. The van der Waals surface area contributed by atoms with Crippen LogP contribution in [0.4, 0.5) is 0 Å². The standard InChI is InChI=1S/C58H38/c1-2-10-39(11-3-1)50-34-29-46-30-35-51(38-52(46)37-50)58-55-16-8-6-14-53(55)57(54-15-7-9-17-56(54)58)47-31-26-44(27-32-47)42-20-18-41(19-21-42)43-22-24-45(25-23-43)49-33-28-40-12-4-5-13-48(40)36-49/h1-38H. The fraction of sp³-hybridized carbons (Fsp3) is 0. The van der Waals surface area contributed by atoms with Crippen LogP contribution in [0.1, 0.15) is 0 Å². The highest BCUT2D eigenvalue weighted by atomic mass is 14.2. The van der Waals surface area contributed by atoms with Crippen molar-refractivity contribution in [2.75, 3.05) is 0 Å². The highest BCUT2D eigenvalue weighted by Crippen LogP contribution is 2.44. The topological polar surface area (TPSA) is 0 Å². The van der Waals surface area contributed by atoms with E-state index in [1.807, 2.05) is 0 Å². The Morgan fingerprint density at radius 2 is 0.448 bits per heavy atom. The third-order valence-corrected chi connectivity index (χ3v) is 11.9. The fourth-order valence-corrected chi connectivity index (χ4v) is 8.87. The molecule has 58 heavy (non-hydrogen) atoms. The summed E-state index contributed by atoms with van der Waals surface area (Å²) >= 11 is 0. The Bertz CT molecular complexity index is 3220. The number of fused-ring (bicyclic) bond motifs is 4. The lowest BCUT2D eigenvalue weighted by molar-refractivity contribution is 1.58.